The summed E-state index contributed by atoms with van der Waals surface area (Å²) >= 11 is 6.38. The Labute approximate surface area is 126 Å². The van der Waals surface area contributed by atoms with Gasteiger partial charge in [0, 0.05) is 11.6 Å². The van der Waals surface area contributed by atoms with Gasteiger partial charge in [-0.05, 0) is 43.9 Å². The fourth-order valence-corrected chi connectivity index (χ4v) is 3.09. The summed E-state index contributed by atoms with van der Waals surface area (Å²) in [5, 5.41) is 4.21. The van der Waals surface area contributed by atoms with Crippen LogP contribution in [0, 0.1) is 5.92 Å². The molecule has 1 atom stereocenters. The van der Waals surface area contributed by atoms with Crippen molar-refractivity contribution in [2.24, 2.45) is 5.92 Å². The molecule has 0 amide bonds. The molecule has 112 valence electrons. The number of halogens is 1. The SMILES string of the molecule is CCCNC(c1ccc(OC)c(Cl)c1OC)C1CCC1. The molecule has 0 saturated heterocycles. The van der Waals surface area contributed by atoms with E-state index in [-0.39, 0.29) is 0 Å². The van der Waals surface area contributed by atoms with Gasteiger partial charge in [0.2, 0.25) is 0 Å². The average Bonchev–Trinajstić information content (AvgIpc) is 2.41. The Balaban J connectivity index is 2.33. The van der Waals surface area contributed by atoms with Crippen molar-refractivity contribution >= 4 is 11.6 Å². The Morgan fingerprint density at radius 3 is 2.55 bits per heavy atom. The fraction of sp³-hybridized carbons (Fsp3) is 0.625. The van der Waals surface area contributed by atoms with Gasteiger partial charge in [0.1, 0.15) is 16.5 Å². The van der Waals surface area contributed by atoms with Gasteiger partial charge in [-0.15, -0.1) is 0 Å². The highest BCUT2D eigenvalue weighted by atomic mass is 35.5. The molecule has 1 N–H and O–H groups in total. The van der Waals surface area contributed by atoms with Crippen LogP contribution in [0.1, 0.15) is 44.2 Å². The lowest BCUT2D eigenvalue weighted by Gasteiger charge is -2.35. The summed E-state index contributed by atoms with van der Waals surface area (Å²) in [7, 11) is 3.29. The quantitative estimate of drug-likeness (QED) is 0.818. The van der Waals surface area contributed by atoms with Crippen LogP contribution in [-0.4, -0.2) is 20.8 Å². The summed E-state index contributed by atoms with van der Waals surface area (Å²) in [4.78, 5) is 0. The van der Waals surface area contributed by atoms with E-state index in [1.807, 2.05) is 6.07 Å². The fourth-order valence-electron chi connectivity index (χ4n) is 2.77. The zero-order valence-corrected chi connectivity index (χ0v) is 13.3. The van der Waals surface area contributed by atoms with Crippen molar-refractivity contribution in [1.29, 1.82) is 0 Å². The lowest BCUT2D eigenvalue weighted by atomic mass is 9.77. The molecule has 1 unspecified atom stereocenters. The maximum Gasteiger partial charge on any atom is 0.146 e. The highest BCUT2D eigenvalue weighted by Gasteiger charge is 2.31. The van der Waals surface area contributed by atoms with E-state index >= 15 is 0 Å². The molecule has 1 aromatic rings. The molecule has 1 aromatic carbocycles. The molecule has 1 fully saturated rings. The van der Waals surface area contributed by atoms with Gasteiger partial charge >= 0.3 is 0 Å². The summed E-state index contributed by atoms with van der Waals surface area (Å²) in [5.74, 6) is 2.08. The van der Waals surface area contributed by atoms with Crippen molar-refractivity contribution in [2.45, 2.75) is 38.6 Å². The molecule has 3 nitrogen and oxygen atoms in total. The predicted octanol–water partition coefficient (Wildman–Crippen LogP) is 4.20. The molecule has 4 heteroatoms. The molecule has 0 aromatic heterocycles. The van der Waals surface area contributed by atoms with Crippen LogP contribution in [-0.2, 0) is 0 Å². The smallest absolute Gasteiger partial charge is 0.146 e. The third-order valence-electron chi connectivity index (χ3n) is 4.09. The van der Waals surface area contributed by atoms with E-state index in [0.29, 0.717) is 22.7 Å². The number of rotatable bonds is 7. The van der Waals surface area contributed by atoms with E-state index in [0.717, 1.165) is 24.3 Å². The molecule has 20 heavy (non-hydrogen) atoms. The van der Waals surface area contributed by atoms with Crippen LogP contribution < -0.4 is 14.8 Å². The normalized spacial score (nSPS) is 16.6. The van der Waals surface area contributed by atoms with Crippen molar-refractivity contribution in [3.05, 3.63) is 22.7 Å². The first kappa shape index (κ1) is 15.5. The average molecular weight is 298 g/mol. The minimum absolute atomic E-state index is 0.321. The zero-order chi connectivity index (χ0) is 14.5. The van der Waals surface area contributed by atoms with Crippen molar-refractivity contribution < 1.29 is 9.47 Å². The number of hydrogen-bond acceptors (Lipinski definition) is 3. The van der Waals surface area contributed by atoms with Gasteiger partial charge in [-0.1, -0.05) is 24.9 Å². The second-order valence-electron chi connectivity index (χ2n) is 5.33. The number of hydrogen-bond donors (Lipinski definition) is 1. The summed E-state index contributed by atoms with van der Waals surface area (Å²) in [6.45, 7) is 3.19. The van der Waals surface area contributed by atoms with Gasteiger partial charge in [0.25, 0.3) is 0 Å². The Hall–Kier alpha value is -0.930. The standard InChI is InChI=1S/C16H24ClNO2/c1-4-10-18-15(11-6-5-7-11)12-8-9-13(19-2)14(17)16(12)20-3/h8-9,11,15,18H,4-7,10H2,1-3H3. The zero-order valence-electron chi connectivity index (χ0n) is 12.5. The Morgan fingerprint density at radius 2 is 2.05 bits per heavy atom. The van der Waals surface area contributed by atoms with Crippen LogP contribution in [0.25, 0.3) is 0 Å². The van der Waals surface area contributed by atoms with Gasteiger partial charge < -0.3 is 14.8 Å². The molecule has 0 radical (unpaired) electrons. The van der Waals surface area contributed by atoms with Gasteiger partial charge in [-0.2, -0.15) is 0 Å². The van der Waals surface area contributed by atoms with E-state index in [1.54, 1.807) is 14.2 Å². The lowest BCUT2D eigenvalue weighted by molar-refractivity contribution is 0.226. The van der Waals surface area contributed by atoms with Gasteiger partial charge in [0.15, 0.2) is 0 Å². The number of methoxy groups -OCH3 is 2. The van der Waals surface area contributed by atoms with Crippen LogP contribution in [0.15, 0.2) is 12.1 Å². The van der Waals surface area contributed by atoms with E-state index in [2.05, 4.69) is 18.3 Å². The van der Waals surface area contributed by atoms with Crippen LogP contribution in [0.3, 0.4) is 0 Å². The van der Waals surface area contributed by atoms with Crippen molar-refractivity contribution in [3.8, 4) is 11.5 Å². The van der Waals surface area contributed by atoms with Gasteiger partial charge in [0.05, 0.1) is 14.2 Å². The highest BCUT2D eigenvalue weighted by Crippen LogP contribution is 2.45. The van der Waals surface area contributed by atoms with E-state index in [1.165, 1.54) is 19.3 Å². The van der Waals surface area contributed by atoms with E-state index in [4.69, 9.17) is 21.1 Å². The molecular weight excluding hydrogens is 274 g/mol. The summed E-state index contributed by atoms with van der Waals surface area (Å²) in [6.07, 6.45) is 4.99. The molecule has 0 spiro atoms. The predicted molar refractivity (Wildman–Crippen MR) is 82.9 cm³/mol. The van der Waals surface area contributed by atoms with Crippen molar-refractivity contribution in [3.63, 3.8) is 0 Å². The van der Waals surface area contributed by atoms with Crippen LogP contribution in [0.4, 0.5) is 0 Å². The minimum atomic E-state index is 0.321. The second-order valence-corrected chi connectivity index (χ2v) is 5.71. The number of nitrogens with one attached hydrogen (secondary N) is 1. The molecule has 0 heterocycles. The van der Waals surface area contributed by atoms with Crippen LogP contribution in [0.2, 0.25) is 5.02 Å². The molecule has 1 aliphatic carbocycles. The third-order valence-corrected chi connectivity index (χ3v) is 4.44. The molecule has 2 rings (SSSR count). The Bertz CT molecular complexity index is 446. The maximum absolute atomic E-state index is 6.38. The Morgan fingerprint density at radius 1 is 1.30 bits per heavy atom. The molecular formula is C16H24ClNO2. The van der Waals surface area contributed by atoms with E-state index in [9.17, 15) is 0 Å². The number of benzene rings is 1. The van der Waals surface area contributed by atoms with Gasteiger partial charge in [-0.3, -0.25) is 0 Å². The third kappa shape index (κ3) is 3.04. The second kappa shape index (κ2) is 7.19. The van der Waals surface area contributed by atoms with E-state index < -0.39 is 0 Å². The largest absolute Gasteiger partial charge is 0.495 e. The first-order chi connectivity index (χ1) is 9.72. The topological polar surface area (TPSA) is 30.5 Å². The van der Waals surface area contributed by atoms with Gasteiger partial charge in [-0.25, -0.2) is 0 Å². The molecule has 1 aliphatic rings. The minimum Gasteiger partial charge on any atom is -0.495 e. The first-order valence-electron chi connectivity index (χ1n) is 7.36. The highest BCUT2D eigenvalue weighted by molar-refractivity contribution is 6.33. The maximum atomic E-state index is 6.38. The monoisotopic (exact) mass is 297 g/mol. The summed E-state index contributed by atoms with van der Waals surface area (Å²) < 4.78 is 10.8. The Kier molecular flexibility index (Phi) is 5.55. The first-order valence-corrected chi connectivity index (χ1v) is 7.74. The van der Waals surface area contributed by atoms with Crippen LogP contribution >= 0.6 is 11.6 Å². The van der Waals surface area contributed by atoms with Crippen molar-refractivity contribution in [2.75, 3.05) is 20.8 Å². The molecule has 1 saturated carbocycles. The molecule has 0 aliphatic heterocycles. The van der Waals surface area contributed by atoms with Crippen LogP contribution in [0.5, 0.6) is 11.5 Å². The summed E-state index contributed by atoms with van der Waals surface area (Å²) in [6, 6.07) is 4.33. The number of ether oxygens (including phenoxy) is 2. The lowest BCUT2D eigenvalue weighted by Crippen LogP contribution is -2.33. The molecule has 0 bridgehead atoms. The van der Waals surface area contributed by atoms with Crippen molar-refractivity contribution in [1.82, 2.24) is 5.32 Å². The summed E-state index contributed by atoms with van der Waals surface area (Å²) in [5.41, 5.74) is 1.15.